The van der Waals surface area contributed by atoms with E-state index >= 15 is 0 Å². The lowest BCUT2D eigenvalue weighted by molar-refractivity contribution is -0.385. The van der Waals surface area contributed by atoms with Crippen molar-refractivity contribution in [1.82, 2.24) is 4.57 Å². The van der Waals surface area contributed by atoms with Crippen LogP contribution in [-0.2, 0) is 9.53 Å². The highest BCUT2D eigenvalue weighted by Crippen LogP contribution is 2.33. The number of carbonyl (C=O) groups excluding carboxylic acids is 1. The summed E-state index contributed by atoms with van der Waals surface area (Å²) in [7, 11) is 1.55. The molecule has 0 fully saturated rings. The lowest BCUT2D eigenvalue weighted by atomic mass is 9.94. The molecule has 180 valence electrons. The number of allylic oxidation sites excluding steroid dienone is 1. The molecule has 9 nitrogen and oxygen atoms in total. The molecule has 0 amide bonds. The first-order chi connectivity index (χ1) is 16.8. The smallest absolute Gasteiger partial charge is 0.338 e. The van der Waals surface area contributed by atoms with Gasteiger partial charge in [-0.2, -0.15) is 0 Å². The lowest BCUT2D eigenvalue weighted by Gasteiger charge is -2.24. The Balaban J connectivity index is 2.00. The van der Waals surface area contributed by atoms with Gasteiger partial charge in [0.1, 0.15) is 5.75 Å². The second-order valence-electron chi connectivity index (χ2n) is 7.85. The average Bonchev–Trinajstić information content (AvgIpc) is 3.13. The van der Waals surface area contributed by atoms with Crippen LogP contribution < -0.4 is 19.6 Å². The van der Waals surface area contributed by atoms with E-state index < -0.39 is 16.9 Å². The minimum atomic E-state index is -0.926. The summed E-state index contributed by atoms with van der Waals surface area (Å²) in [5, 5.41) is 11.6. The number of esters is 1. The molecule has 0 radical (unpaired) electrons. The van der Waals surface area contributed by atoms with Crippen molar-refractivity contribution < 1.29 is 19.2 Å². The van der Waals surface area contributed by atoms with Crippen molar-refractivity contribution >= 4 is 29.1 Å². The highest BCUT2D eigenvalue weighted by Gasteiger charge is 2.34. The molecular formula is C25H23N3O6S. The number of hydrogen-bond donors (Lipinski definition) is 0. The predicted octanol–water partition coefficient (Wildman–Crippen LogP) is 3.02. The van der Waals surface area contributed by atoms with Crippen LogP contribution in [0.1, 0.15) is 36.6 Å². The summed E-state index contributed by atoms with van der Waals surface area (Å²) in [4.78, 5) is 42.7. The number of nitro benzene ring substituents is 1. The fourth-order valence-electron chi connectivity index (χ4n) is 4.03. The van der Waals surface area contributed by atoms with Crippen LogP contribution in [0.15, 0.2) is 63.5 Å². The van der Waals surface area contributed by atoms with E-state index in [1.54, 1.807) is 52.2 Å². The summed E-state index contributed by atoms with van der Waals surface area (Å²) in [6.07, 6.45) is 1.71. The number of nitrogens with zero attached hydrogens (tertiary/aromatic N) is 3. The van der Waals surface area contributed by atoms with Crippen LogP contribution in [0.25, 0.3) is 6.08 Å². The minimum absolute atomic E-state index is 0.100. The van der Waals surface area contributed by atoms with Gasteiger partial charge in [0.2, 0.25) is 0 Å². The predicted molar refractivity (Wildman–Crippen MR) is 131 cm³/mol. The molecule has 4 rings (SSSR count). The summed E-state index contributed by atoms with van der Waals surface area (Å²) >= 11 is 1.17. The van der Waals surface area contributed by atoms with Crippen molar-refractivity contribution in [3.63, 3.8) is 0 Å². The Bertz CT molecular complexity index is 1550. The van der Waals surface area contributed by atoms with Gasteiger partial charge in [0.05, 0.1) is 40.5 Å². The molecule has 1 aliphatic rings. The van der Waals surface area contributed by atoms with Gasteiger partial charge in [-0.05, 0) is 38.5 Å². The van der Waals surface area contributed by atoms with Gasteiger partial charge in [0.15, 0.2) is 4.80 Å². The average molecular weight is 494 g/mol. The van der Waals surface area contributed by atoms with Gasteiger partial charge >= 0.3 is 5.97 Å². The number of aryl methyl sites for hydroxylation is 1. The largest absolute Gasteiger partial charge is 0.496 e. The van der Waals surface area contributed by atoms with Crippen LogP contribution in [0.5, 0.6) is 5.75 Å². The van der Waals surface area contributed by atoms with Crippen molar-refractivity contribution in [1.29, 1.82) is 0 Å². The molecule has 1 atom stereocenters. The summed E-state index contributed by atoms with van der Waals surface area (Å²) in [6.45, 7) is 5.11. The molecule has 10 heteroatoms. The zero-order valence-corrected chi connectivity index (χ0v) is 20.4. The molecule has 1 aromatic heterocycles. The standard InChI is InChI=1S/C25H23N3O6S/c1-5-34-24(30)21-15(3)26-25-27(22(21)17-11-10-14(2)18(12-17)28(31)32)23(29)20(35-25)13-16-8-6-7-9-19(16)33-4/h6-13,22H,5H2,1-4H3/b20-13+/t22-/m1/s1. The number of thiazole rings is 1. The monoisotopic (exact) mass is 493 g/mol. The maximum Gasteiger partial charge on any atom is 0.338 e. The summed E-state index contributed by atoms with van der Waals surface area (Å²) in [5.74, 6) is -0.0200. The fourth-order valence-corrected chi connectivity index (χ4v) is 5.06. The molecular weight excluding hydrogens is 470 g/mol. The molecule has 0 aliphatic carbocycles. The lowest BCUT2D eigenvalue weighted by Crippen LogP contribution is -2.40. The third-order valence-corrected chi connectivity index (χ3v) is 6.67. The molecule has 0 spiro atoms. The summed E-state index contributed by atoms with van der Waals surface area (Å²) in [6, 6.07) is 11.0. The van der Waals surface area contributed by atoms with Crippen molar-refractivity contribution in [2.75, 3.05) is 13.7 Å². The molecule has 0 N–H and O–H groups in total. The zero-order valence-electron chi connectivity index (χ0n) is 19.6. The number of nitro groups is 1. The molecule has 3 aromatic rings. The maximum absolute atomic E-state index is 13.7. The van der Waals surface area contributed by atoms with Crippen molar-refractivity contribution in [2.24, 2.45) is 4.99 Å². The Hall–Kier alpha value is -4.05. The second kappa shape index (κ2) is 9.67. The van der Waals surface area contributed by atoms with Gasteiger partial charge in [-0.1, -0.05) is 41.7 Å². The van der Waals surface area contributed by atoms with E-state index in [4.69, 9.17) is 9.47 Å². The van der Waals surface area contributed by atoms with Gasteiger partial charge in [0, 0.05) is 17.2 Å². The number of rotatable bonds is 6. The number of methoxy groups -OCH3 is 1. The van der Waals surface area contributed by atoms with Crippen molar-refractivity contribution in [2.45, 2.75) is 26.8 Å². The molecule has 0 saturated heterocycles. The van der Waals surface area contributed by atoms with E-state index in [1.807, 2.05) is 18.2 Å². The van der Waals surface area contributed by atoms with Gasteiger partial charge in [-0.15, -0.1) is 0 Å². The van der Waals surface area contributed by atoms with E-state index in [9.17, 15) is 19.7 Å². The maximum atomic E-state index is 13.7. The quantitative estimate of drug-likeness (QED) is 0.296. The highest BCUT2D eigenvalue weighted by molar-refractivity contribution is 7.07. The molecule has 1 aliphatic heterocycles. The molecule has 0 unspecified atom stereocenters. The topological polar surface area (TPSA) is 113 Å². The molecule has 2 heterocycles. The molecule has 0 bridgehead atoms. The van der Waals surface area contributed by atoms with Crippen LogP contribution in [0.3, 0.4) is 0 Å². The second-order valence-corrected chi connectivity index (χ2v) is 8.86. The number of aromatic nitrogens is 1. The minimum Gasteiger partial charge on any atom is -0.496 e. The zero-order chi connectivity index (χ0) is 25.3. The molecule has 2 aromatic carbocycles. The molecule has 0 saturated carbocycles. The highest BCUT2D eigenvalue weighted by atomic mass is 32.1. The Morgan fingerprint density at radius 2 is 2.00 bits per heavy atom. The number of hydrogen-bond acceptors (Lipinski definition) is 8. The van der Waals surface area contributed by atoms with E-state index in [0.717, 1.165) is 0 Å². The Morgan fingerprint density at radius 3 is 2.69 bits per heavy atom. The number of ether oxygens (including phenoxy) is 2. The number of carbonyl (C=O) groups is 1. The third kappa shape index (κ3) is 4.40. The molecule has 35 heavy (non-hydrogen) atoms. The number of benzene rings is 2. The van der Waals surface area contributed by atoms with Crippen LogP contribution in [0, 0.1) is 17.0 Å². The summed E-state index contributed by atoms with van der Waals surface area (Å²) in [5.41, 5.74) is 1.69. The Kier molecular flexibility index (Phi) is 6.65. The normalized spacial score (nSPS) is 15.4. The SMILES string of the molecule is CCOC(=O)C1=C(C)N=c2s/c(=C/c3ccccc3OC)c(=O)n2[C@@H]1c1ccc(C)c([N+](=O)[O-])c1. The van der Waals surface area contributed by atoms with E-state index in [-0.39, 0.29) is 23.4 Å². The number of para-hydroxylation sites is 1. The first-order valence-electron chi connectivity index (χ1n) is 10.8. The van der Waals surface area contributed by atoms with Gasteiger partial charge in [-0.25, -0.2) is 9.79 Å². The Morgan fingerprint density at radius 1 is 1.26 bits per heavy atom. The van der Waals surface area contributed by atoms with Crippen LogP contribution in [0.4, 0.5) is 5.69 Å². The summed E-state index contributed by atoms with van der Waals surface area (Å²) < 4.78 is 12.5. The van der Waals surface area contributed by atoms with Gasteiger partial charge < -0.3 is 9.47 Å². The first-order valence-corrected chi connectivity index (χ1v) is 11.7. The van der Waals surface area contributed by atoms with E-state index in [1.165, 1.54) is 22.0 Å². The van der Waals surface area contributed by atoms with Crippen molar-refractivity contribution in [3.05, 3.63) is 100 Å². The van der Waals surface area contributed by atoms with E-state index in [2.05, 4.69) is 4.99 Å². The fraction of sp³-hybridized carbons (Fsp3) is 0.240. The third-order valence-electron chi connectivity index (χ3n) is 5.69. The Labute approximate surface area is 204 Å². The van der Waals surface area contributed by atoms with Crippen molar-refractivity contribution in [3.8, 4) is 5.75 Å². The van der Waals surface area contributed by atoms with Crippen LogP contribution in [0.2, 0.25) is 0 Å². The van der Waals surface area contributed by atoms with Crippen LogP contribution >= 0.6 is 11.3 Å². The van der Waals surface area contributed by atoms with E-state index in [0.29, 0.717) is 37.5 Å². The first kappa shape index (κ1) is 24.1. The van der Waals surface area contributed by atoms with Gasteiger partial charge in [0.25, 0.3) is 11.2 Å². The van der Waals surface area contributed by atoms with Crippen LogP contribution in [-0.4, -0.2) is 29.2 Å². The van der Waals surface area contributed by atoms with Gasteiger partial charge in [-0.3, -0.25) is 19.5 Å². The number of fused-ring (bicyclic) bond motifs is 1.